The molecular weight excluding hydrogens is 414 g/mol. The molecule has 0 spiro atoms. The summed E-state index contributed by atoms with van der Waals surface area (Å²) in [6.07, 6.45) is 6.80. The maximum Gasteiger partial charge on any atom is 0.252 e. The molecule has 9 heteroatoms. The average Bonchev–Trinajstić information content (AvgIpc) is 2.77. The number of hydrogen-bond donors (Lipinski definition) is 4. The van der Waals surface area contributed by atoms with Gasteiger partial charge in [-0.1, -0.05) is 25.0 Å². The molecule has 1 amide bonds. The van der Waals surface area contributed by atoms with Gasteiger partial charge >= 0.3 is 0 Å². The van der Waals surface area contributed by atoms with E-state index in [1.807, 2.05) is 0 Å². The van der Waals surface area contributed by atoms with E-state index in [2.05, 4.69) is 20.6 Å². The molecule has 1 aromatic carbocycles. The number of benzene rings is 1. The van der Waals surface area contributed by atoms with Crippen molar-refractivity contribution < 1.29 is 13.6 Å². The lowest BCUT2D eigenvalue weighted by Gasteiger charge is -2.30. The van der Waals surface area contributed by atoms with Gasteiger partial charge in [-0.3, -0.25) is 9.78 Å². The quantitative estimate of drug-likeness (QED) is 0.463. The molecule has 2 unspecified atom stereocenters. The van der Waals surface area contributed by atoms with Crippen LogP contribution in [0.15, 0.2) is 48.8 Å². The lowest BCUT2D eigenvalue weighted by Crippen LogP contribution is -2.43. The Morgan fingerprint density at radius 2 is 1.84 bits per heavy atom. The second kappa shape index (κ2) is 9.27. The van der Waals surface area contributed by atoms with Crippen LogP contribution >= 0.6 is 0 Å². The van der Waals surface area contributed by atoms with Crippen molar-refractivity contribution in [1.82, 2.24) is 9.97 Å². The first-order valence-corrected chi connectivity index (χ1v) is 10.4. The molecule has 166 valence electrons. The van der Waals surface area contributed by atoms with Gasteiger partial charge in [-0.2, -0.15) is 0 Å². The van der Waals surface area contributed by atoms with Crippen LogP contribution in [0.3, 0.4) is 0 Å². The van der Waals surface area contributed by atoms with Gasteiger partial charge in [0.1, 0.15) is 11.6 Å². The molecule has 6 N–H and O–H groups in total. The highest BCUT2D eigenvalue weighted by atomic mass is 19.1. The van der Waals surface area contributed by atoms with Crippen molar-refractivity contribution in [1.29, 1.82) is 0 Å². The normalized spacial score (nSPS) is 18.2. The van der Waals surface area contributed by atoms with Gasteiger partial charge in [0.2, 0.25) is 0 Å². The van der Waals surface area contributed by atoms with Crippen molar-refractivity contribution >= 4 is 23.2 Å². The first-order chi connectivity index (χ1) is 15.4. The molecule has 0 aliphatic heterocycles. The Morgan fingerprint density at radius 3 is 2.59 bits per heavy atom. The third-order valence-corrected chi connectivity index (χ3v) is 5.54. The number of anilines is 3. The molecule has 32 heavy (non-hydrogen) atoms. The minimum atomic E-state index is -0.825. The second-order valence-electron chi connectivity index (χ2n) is 7.88. The predicted octanol–water partition coefficient (Wildman–Crippen LogP) is 3.95. The summed E-state index contributed by atoms with van der Waals surface area (Å²) in [4.78, 5) is 20.4. The molecule has 1 aliphatic rings. The van der Waals surface area contributed by atoms with Crippen LogP contribution in [0.2, 0.25) is 0 Å². The highest BCUT2D eigenvalue weighted by Gasteiger charge is 2.24. The van der Waals surface area contributed by atoms with Crippen LogP contribution in [0, 0.1) is 11.6 Å². The maximum absolute atomic E-state index is 14.7. The fourth-order valence-electron chi connectivity index (χ4n) is 3.86. The molecule has 0 saturated heterocycles. The molecule has 1 fully saturated rings. The summed E-state index contributed by atoms with van der Waals surface area (Å²) < 4.78 is 28.3. The number of rotatable bonds is 6. The number of amides is 1. The summed E-state index contributed by atoms with van der Waals surface area (Å²) in [5, 5.41) is 6.06. The van der Waals surface area contributed by atoms with Crippen LogP contribution < -0.4 is 22.1 Å². The number of halogens is 2. The van der Waals surface area contributed by atoms with Gasteiger partial charge in [-0.05, 0) is 42.7 Å². The first-order valence-electron chi connectivity index (χ1n) is 10.4. The fraction of sp³-hybridized carbons (Fsp3) is 0.261. The van der Waals surface area contributed by atoms with E-state index in [1.54, 1.807) is 24.4 Å². The number of nitrogens with one attached hydrogen (secondary N) is 2. The molecule has 0 radical (unpaired) electrons. The van der Waals surface area contributed by atoms with Crippen LogP contribution in [0.25, 0.3) is 11.1 Å². The summed E-state index contributed by atoms with van der Waals surface area (Å²) in [6.45, 7) is 0. The third kappa shape index (κ3) is 4.83. The maximum atomic E-state index is 14.7. The predicted molar refractivity (Wildman–Crippen MR) is 119 cm³/mol. The van der Waals surface area contributed by atoms with Crippen LogP contribution in [-0.4, -0.2) is 28.0 Å². The summed E-state index contributed by atoms with van der Waals surface area (Å²) in [5.41, 5.74) is 13.3. The van der Waals surface area contributed by atoms with Gasteiger partial charge in [-0.25, -0.2) is 13.8 Å². The lowest BCUT2D eigenvalue weighted by molar-refractivity contribution is 0.100. The second-order valence-corrected chi connectivity index (χ2v) is 7.88. The van der Waals surface area contributed by atoms with E-state index in [1.165, 1.54) is 18.3 Å². The molecular formula is C23H24F2N6O. The first kappa shape index (κ1) is 21.6. The highest BCUT2D eigenvalue weighted by Crippen LogP contribution is 2.28. The number of carbonyl (C=O) groups is 1. The highest BCUT2D eigenvalue weighted by molar-refractivity contribution is 5.98. The molecule has 2 aromatic heterocycles. The number of primary amides is 1. The summed E-state index contributed by atoms with van der Waals surface area (Å²) >= 11 is 0. The number of pyridine rings is 2. The van der Waals surface area contributed by atoms with E-state index in [-0.39, 0.29) is 35.1 Å². The largest absolute Gasteiger partial charge is 0.365 e. The van der Waals surface area contributed by atoms with Crippen LogP contribution in [-0.2, 0) is 0 Å². The minimum absolute atomic E-state index is 0.00547. The van der Waals surface area contributed by atoms with Crippen molar-refractivity contribution in [2.45, 2.75) is 37.8 Å². The summed E-state index contributed by atoms with van der Waals surface area (Å²) in [5.74, 6) is -1.80. The molecule has 4 rings (SSSR count). The molecule has 1 aliphatic carbocycles. The smallest absolute Gasteiger partial charge is 0.252 e. The Bertz CT molecular complexity index is 1140. The number of nitrogens with two attached hydrogens (primary N) is 2. The zero-order chi connectivity index (χ0) is 22.7. The van der Waals surface area contributed by atoms with Crippen molar-refractivity contribution in [3.05, 3.63) is 66.0 Å². The number of aromatic nitrogens is 2. The van der Waals surface area contributed by atoms with E-state index < -0.39 is 11.7 Å². The van der Waals surface area contributed by atoms with Crippen LogP contribution in [0.1, 0.15) is 36.0 Å². The van der Waals surface area contributed by atoms with E-state index in [9.17, 15) is 13.6 Å². The summed E-state index contributed by atoms with van der Waals surface area (Å²) in [7, 11) is 0. The zero-order valence-electron chi connectivity index (χ0n) is 17.3. The molecule has 1 saturated carbocycles. The summed E-state index contributed by atoms with van der Waals surface area (Å²) in [6, 6.07) is 8.66. The van der Waals surface area contributed by atoms with Crippen molar-refractivity contribution in [2.24, 2.45) is 11.5 Å². The van der Waals surface area contributed by atoms with Gasteiger partial charge in [0.25, 0.3) is 5.91 Å². The van der Waals surface area contributed by atoms with Crippen LogP contribution in [0.4, 0.5) is 26.1 Å². The monoisotopic (exact) mass is 438 g/mol. The Morgan fingerprint density at radius 1 is 1.03 bits per heavy atom. The molecule has 2 atom stereocenters. The number of carbonyl (C=O) groups excluding carboxylic acids is 1. The minimum Gasteiger partial charge on any atom is -0.365 e. The van der Waals surface area contributed by atoms with E-state index in [0.717, 1.165) is 31.7 Å². The average molecular weight is 438 g/mol. The Labute approximate surface area is 184 Å². The topological polar surface area (TPSA) is 119 Å². The third-order valence-electron chi connectivity index (χ3n) is 5.54. The van der Waals surface area contributed by atoms with Gasteiger partial charge in [0, 0.05) is 23.8 Å². The molecule has 0 bridgehead atoms. The Hall–Kier alpha value is -3.59. The standard InChI is InChI=1S/C23H24F2N6O/c24-15-5-3-4-13(8-15)14-9-16(12-28-11-14)29-22-17(21(27)32)10-18(25)23(31-22)30-20-7-2-1-6-19(20)26/h3-5,8-12,19-20H,1-2,6-7,26H2,(H2,27,32)(H2,29,30,31). The van der Waals surface area contributed by atoms with Gasteiger partial charge < -0.3 is 22.1 Å². The fourth-order valence-corrected chi connectivity index (χ4v) is 3.86. The molecule has 3 aromatic rings. The molecule has 7 nitrogen and oxygen atoms in total. The Kier molecular flexibility index (Phi) is 6.27. The van der Waals surface area contributed by atoms with E-state index >= 15 is 0 Å². The van der Waals surface area contributed by atoms with E-state index in [0.29, 0.717) is 16.8 Å². The zero-order valence-corrected chi connectivity index (χ0v) is 17.3. The number of nitrogens with zero attached hydrogens (tertiary/aromatic N) is 2. The van der Waals surface area contributed by atoms with Gasteiger partial charge in [0.15, 0.2) is 11.6 Å². The van der Waals surface area contributed by atoms with Crippen molar-refractivity contribution in [3.8, 4) is 11.1 Å². The van der Waals surface area contributed by atoms with Crippen LogP contribution in [0.5, 0.6) is 0 Å². The molecule has 2 heterocycles. The van der Waals surface area contributed by atoms with Gasteiger partial charge in [-0.15, -0.1) is 0 Å². The van der Waals surface area contributed by atoms with Crippen molar-refractivity contribution in [3.63, 3.8) is 0 Å². The number of hydrogen-bond acceptors (Lipinski definition) is 6. The van der Waals surface area contributed by atoms with Crippen molar-refractivity contribution in [2.75, 3.05) is 10.6 Å². The SMILES string of the molecule is NC(=O)c1cc(F)c(NC2CCCCC2N)nc1Nc1cncc(-c2cccc(F)c2)c1. The van der Waals surface area contributed by atoms with E-state index in [4.69, 9.17) is 11.5 Å². The lowest BCUT2D eigenvalue weighted by atomic mass is 9.91. The Balaban J connectivity index is 1.65. The van der Waals surface area contributed by atoms with Gasteiger partial charge in [0.05, 0.1) is 17.4 Å².